The zero-order valence-electron chi connectivity index (χ0n) is 18.5. The molecule has 11 heteroatoms. The molecule has 4 heterocycles. The molecule has 2 aliphatic heterocycles. The van der Waals surface area contributed by atoms with Gasteiger partial charge in [-0.05, 0) is 42.7 Å². The van der Waals surface area contributed by atoms with E-state index in [4.69, 9.17) is 14.1 Å². The predicted molar refractivity (Wildman–Crippen MR) is 116 cm³/mol. The number of hydrogen-bond donors (Lipinski definition) is 2. The molecule has 1 saturated heterocycles. The van der Waals surface area contributed by atoms with Crippen LogP contribution in [-0.4, -0.2) is 62.9 Å². The molecule has 1 aromatic carbocycles. The highest BCUT2D eigenvalue weighted by Crippen LogP contribution is 2.43. The molecule has 2 atom stereocenters. The van der Waals surface area contributed by atoms with E-state index in [0.717, 1.165) is 11.1 Å². The lowest BCUT2D eigenvalue weighted by atomic mass is 9.81. The highest BCUT2D eigenvalue weighted by Gasteiger charge is 2.38. The Morgan fingerprint density at radius 2 is 2.15 bits per heavy atom. The number of anilines is 1. The van der Waals surface area contributed by atoms with Crippen molar-refractivity contribution in [2.45, 2.75) is 38.4 Å². The van der Waals surface area contributed by atoms with Crippen LogP contribution in [0.2, 0.25) is 0 Å². The fourth-order valence-corrected chi connectivity index (χ4v) is 4.21. The van der Waals surface area contributed by atoms with Gasteiger partial charge in [0, 0.05) is 12.1 Å². The first-order chi connectivity index (χ1) is 15.9. The van der Waals surface area contributed by atoms with Crippen molar-refractivity contribution in [3.8, 4) is 6.07 Å². The number of morpholine rings is 1. The Kier molecular flexibility index (Phi) is 5.02. The summed E-state index contributed by atoms with van der Waals surface area (Å²) in [5.41, 5.74) is 3.16. The second-order valence-corrected chi connectivity index (χ2v) is 8.96. The van der Waals surface area contributed by atoms with Crippen LogP contribution in [0.4, 0.5) is 10.6 Å². The number of allylic oxidation sites excluding steroid dienone is 1. The van der Waals surface area contributed by atoms with Crippen LogP contribution in [0.1, 0.15) is 37.8 Å². The molecule has 11 nitrogen and oxygen atoms in total. The maximum Gasteiger partial charge on any atom is 0.410 e. The Bertz CT molecular complexity index is 1280. The van der Waals surface area contributed by atoms with Crippen molar-refractivity contribution in [1.82, 2.24) is 25.4 Å². The van der Waals surface area contributed by atoms with Gasteiger partial charge in [0.1, 0.15) is 28.6 Å². The number of carbonyl (C=O) groups is 1. The molecule has 5 rings (SSSR count). The number of amides is 1. The first-order valence-electron chi connectivity index (χ1n) is 10.6. The minimum atomic E-state index is -0.606. The molecule has 3 aromatic rings. The van der Waals surface area contributed by atoms with Crippen LogP contribution in [0.15, 0.2) is 40.3 Å². The van der Waals surface area contributed by atoms with E-state index in [-0.39, 0.29) is 6.54 Å². The highest BCUT2D eigenvalue weighted by molar-refractivity contribution is 5.81. The van der Waals surface area contributed by atoms with Crippen LogP contribution in [0.3, 0.4) is 0 Å². The van der Waals surface area contributed by atoms with E-state index in [9.17, 15) is 10.1 Å². The predicted octanol–water partition coefficient (Wildman–Crippen LogP) is 2.92. The molecular formula is C22H23N7O4. The molecule has 33 heavy (non-hydrogen) atoms. The van der Waals surface area contributed by atoms with E-state index in [0.29, 0.717) is 41.3 Å². The summed E-state index contributed by atoms with van der Waals surface area (Å²) in [7, 11) is 0. The molecule has 1 fully saturated rings. The molecule has 0 spiro atoms. The summed E-state index contributed by atoms with van der Waals surface area (Å²) in [6.07, 6.45) is 0.722. The maximum atomic E-state index is 12.7. The average molecular weight is 449 g/mol. The van der Waals surface area contributed by atoms with Crippen LogP contribution in [0.5, 0.6) is 0 Å². The number of carbonyl (C=O) groups excluding carboxylic acids is 1. The molecule has 0 bridgehead atoms. The van der Waals surface area contributed by atoms with Crippen molar-refractivity contribution in [2.24, 2.45) is 0 Å². The first kappa shape index (κ1) is 21.0. The third kappa shape index (κ3) is 3.78. The number of nitriles is 1. The first-order valence-corrected chi connectivity index (χ1v) is 10.6. The molecule has 170 valence electrons. The van der Waals surface area contributed by atoms with Crippen molar-refractivity contribution in [1.29, 1.82) is 5.26 Å². The van der Waals surface area contributed by atoms with Gasteiger partial charge in [-0.1, -0.05) is 12.1 Å². The molecule has 0 saturated carbocycles. The van der Waals surface area contributed by atoms with Crippen molar-refractivity contribution in [3.63, 3.8) is 0 Å². The Morgan fingerprint density at radius 3 is 2.94 bits per heavy atom. The maximum absolute atomic E-state index is 12.7. The van der Waals surface area contributed by atoms with Gasteiger partial charge in [-0.2, -0.15) is 10.4 Å². The van der Waals surface area contributed by atoms with Gasteiger partial charge >= 0.3 is 6.09 Å². The standard InChI is InChI=1S/C22H23N7O4/c1-22(2,3)32-21(30)29-7-8-31-16(11-29)19-13(9-23)17(14-10-24-26-20(14)25-19)12-5-4-6-15-18(12)28-33-27-15/h4-6,10,16-17H,7-8,11H2,1-3H3,(H2,24,25,26). The fraction of sp³-hybridized carbons (Fsp3) is 0.409. The lowest BCUT2D eigenvalue weighted by Gasteiger charge is -2.37. The quantitative estimate of drug-likeness (QED) is 0.604. The number of hydrogen-bond acceptors (Lipinski definition) is 9. The van der Waals surface area contributed by atoms with Crippen LogP contribution in [-0.2, 0) is 9.47 Å². The molecule has 2 unspecified atom stereocenters. The Hall–Kier alpha value is -3.91. The Morgan fingerprint density at radius 1 is 1.30 bits per heavy atom. The Labute approximate surface area is 189 Å². The summed E-state index contributed by atoms with van der Waals surface area (Å²) in [6.45, 7) is 6.44. The van der Waals surface area contributed by atoms with Gasteiger partial charge < -0.3 is 19.7 Å². The molecule has 2 aromatic heterocycles. The van der Waals surface area contributed by atoms with Crippen LogP contribution >= 0.6 is 0 Å². The number of fused-ring (bicyclic) bond motifs is 2. The second kappa shape index (κ2) is 7.90. The number of rotatable bonds is 2. The van der Waals surface area contributed by atoms with Gasteiger partial charge in [0.15, 0.2) is 0 Å². The van der Waals surface area contributed by atoms with Crippen LogP contribution in [0.25, 0.3) is 11.0 Å². The second-order valence-electron chi connectivity index (χ2n) is 8.96. The average Bonchev–Trinajstić information content (AvgIpc) is 3.45. The largest absolute Gasteiger partial charge is 0.444 e. The van der Waals surface area contributed by atoms with E-state index in [1.165, 1.54) is 0 Å². The number of nitrogens with zero attached hydrogens (tertiary/aromatic N) is 5. The third-order valence-corrected chi connectivity index (χ3v) is 5.61. The van der Waals surface area contributed by atoms with Crippen LogP contribution < -0.4 is 5.32 Å². The minimum Gasteiger partial charge on any atom is -0.444 e. The number of benzene rings is 1. The van der Waals surface area contributed by atoms with Crippen molar-refractivity contribution < 1.29 is 18.9 Å². The number of aromatic nitrogens is 4. The highest BCUT2D eigenvalue weighted by atomic mass is 16.6. The zero-order valence-corrected chi connectivity index (χ0v) is 18.5. The smallest absolute Gasteiger partial charge is 0.410 e. The molecule has 1 amide bonds. The summed E-state index contributed by atoms with van der Waals surface area (Å²) in [5.74, 6) is 0.191. The van der Waals surface area contributed by atoms with Crippen molar-refractivity contribution >= 4 is 22.9 Å². The number of aromatic amines is 1. The summed E-state index contributed by atoms with van der Waals surface area (Å²) in [6, 6.07) is 7.89. The fourth-order valence-electron chi connectivity index (χ4n) is 4.21. The molecule has 2 aliphatic rings. The van der Waals surface area contributed by atoms with Crippen LogP contribution in [0, 0.1) is 11.3 Å². The van der Waals surface area contributed by atoms with Gasteiger partial charge in [-0.25, -0.2) is 9.42 Å². The minimum absolute atomic E-state index is 0.244. The molecule has 0 aliphatic carbocycles. The van der Waals surface area contributed by atoms with Gasteiger partial charge in [0.05, 0.1) is 42.6 Å². The number of nitrogens with one attached hydrogen (secondary N) is 2. The Balaban J connectivity index is 1.55. The van der Waals surface area contributed by atoms with Crippen molar-refractivity contribution in [3.05, 3.63) is 46.8 Å². The van der Waals surface area contributed by atoms with Gasteiger partial charge in [0.25, 0.3) is 0 Å². The monoisotopic (exact) mass is 449 g/mol. The van der Waals surface area contributed by atoms with E-state index in [2.05, 4.69) is 31.9 Å². The molecule has 0 radical (unpaired) electrons. The van der Waals surface area contributed by atoms with E-state index in [1.807, 2.05) is 32.9 Å². The number of H-pyrrole nitrogens is 1. The zero-order chi connectivity index (χ0) is 23.2. The van der Waals surface area contributed by atoms with Gasteiger partial charge in [-0.15, -0.1) is 0 Å². The van der Waals surface area contributed by atoms with E-state index in [1.54, 1.807) is 17.2 Å². The van der Waals surface area contributed by atoms with E-state index < -0.39 is 23.7 Å². The SMILES string of the molecule is CC(C)(C)OC(=O)N1CCOC(C2=C(C#N)C(c3cccc4nonc34)c3cn[nH]c3N2)C1. The van der Waals surface area contributed by atoms with E-state index >= 15 is 0 Å². The summed E-state index contributed by atoms with van der Waals surface area (Å²) in [4.78, 5) is 14.3. The van der Waals surface area contributed by atoms with Gasteiger partial charge in [-0.3, -0.25) is 5.10 Å². The van der Waals surface area contributed by atoms with Gasteiger partial charge in [0.2, 0.25) is 0 Å². The summed E-state index contributed by atoms with van der Waals surface area (Å²) < 4.78 is 16.5. The lowest BCUT2D eigenvalue weighted by molar-refractivity contribution is -0.0296. The lowest BCUT2D eigenvalue weighted by Crippen LogP contribution is -2.49. The molecule has 2 N–H and O–H groups in total. The topological polar surface area (TPSA) is 142 Å². The number of ether oxygens (including phenoxy) is 2. The summed E-state index contributed by atoms with van der Waals surface area (Å²) in [5, 5.41) is 28.6. The summed E-state index contributed by atoms with van der Waals surface area (Å²) >= 11 is 0. The third-order valence-electron chi connectivity index (χ3n) is 5.61. The molecular weight excluding hydrogens is 426 g/mol. The normalized spacial score (nSPS) is 20.8. The van der Waals surface area contributed by atoms with Crippen molar-refractivity contribution in [2.75, 3.05) is 25.0 Å².